The molecule has 3 aromatic rings. The van der Waals surface area contributed by atoms with E-state index in [0.29, 0.717) is 16.5 Å². The van der Waals surface area contributed by atoms with Crippen LogP contribution in [0.3, 0.4) is 0 Å². The second-order valence-electron chi connectivity index (χ2n) is 8.16. The van der Waals surface area contributed by atoms with Crippen LogP contribution in [0.4, 0.5) is 5.69 Å². The first-order chi connectivity index (χ1) is 15.2. The van der Waals surface area contributed by atoms with Crippen molar-refractivity contribution in [1.82, 2.24) is 20.1 Å². The first-order valence-corrected chi connectivity index (χ1v) is 11.5. The third-order valence-corrected chi connectivity index (χ3v) is 6.10. The first-order valence-electron chi connectivity index (χ1n) is 10.5. The van der Waals surface area contributed by atoms with Crippen molar-refractivity contribution in [1.29, 1.82) is 0 Å². The SMILES string of the molecule is Cc1ccc(NC(=O)CSc2nnc([C@@H](NC(=O)c3ccc(C)cc3)C(C)C)n2C)cc1. The van der Waals surface area contributed by atoms with Crippen LogP contribution in [-0.2, 0) is 11.8 Å². The summed E-state index contributed by atoms with van der Waals surface area (Å²) in [7, 11) is 1.85. The lowest BCUT2D eigenvalue weighted by molar-refractivity contribution is -0.113. The van der Waals surface area contributed by atoms with E-state index in [1.165, 1.54) is 11.8 Å². The highest BCUT2D eigenvalue weighted by Gasteiger charge is 2.25. The van der Waals surface area contributed by atoms with Gasteiger partial charge >= 0.3 is 0 Å². The molecule has 0 spiro atoms. The lowest BCUT2D eigenvalue weighted by Crippen LogP contribution is -2.33. The largest absolute Gasteiger partial charge is 0.342 e. The molecule has 0 aliphatic rings. The van der Waals surface area contributed by atoms with Crippen molar-refractivity contribution >= 4 is 29.3 Å². The fourth-order valence-electron chi connectivity index (χ4n) is 3.15. The highest BCUT2D eigenvalue weighted by Crippen LogP contribution is 2.24. The molecule has 0 saturated heterocycles. The molecule has 2 amide bonds. The van der Waals surface area contributed by atoms with Gasteiger partial charge in [-0.25, -0.2) is 0 Å². The second kappa shape index (κ2) is 10.5. The number of nitrogens with one attached hydrogen (secondary N) is 2. The van der Waals surface area contributed by atoms with Gasteiger partial charge in [-0.1, -0.05) is 61.0 Å². The standard InChI is InChI=1S/C24H29N5O2S/c1-15(2)21(26-23(31)18-10-6-16(3)7-11-18)22-27-28-24(29(22)5)32-14-20(30)25-19-12-8-17(4)9-13-19/h6-13,15,21H,14H2,1-5H3,(H,25,30)(H,26,31)/t21-/m0/s1. The zero-order valence-electron chi connectivity index (χ0n) is 19.0. The average Bonchev–Trinajstić information content (AvgIpc) is 3.12. The molecule has 0 radical (unpaired) electrons. The quantitative estimate of drug-likeness (QED) is 0.499. The van der Waals surface area contributed by atoms with E-state index in [4.69, 9.17) is 0 Å². The smallest absolute Gasteiger partial charge is 0.251 e. The Morgan fingerprint density at radius 2 is 1.56 bits per heavy atom. The number of amides is 2. The predicted molar refractivity (Wildman–Crippen MR) is 128 cm³/mol. The van der Waals surface area contributed by atoms with Crippen LogP contribution in [0.1, 0.15) is 47.2 Å². The number of aryl methyl sites for hydroxylation is 2. The molecular weight excluding hydrogens is 422 g/mol. The van der Waals surface area contributed by atoms with Gasteiger partial charge in [-0.3, -0.25) is 9.59 Å². The highest BCUT2D eigenvalue weighted by molar-refractivity contribution is 7.99. The number of aromatic nitrogens is 3. The molecule has 8 heteroatoms. The Morgan fingerprint density at radius 1 is 0.969 bits per heavy atom. The van der Waals surface area contributed by atoms with E-state index in [-0.39, 0.29) is 29.5 Å². The van der Waals surface area contributed by atoms with Crippen molar-refractivity contribution in [3.05, 3.63) is 71.0 Å². The molecule has 0 bridgehead atoms. The number of hydrogen-bond acceptors (Lipinski definition) is 5. The van der Waals surface area contributed by atoms with Crippen molar-refractivity contribution in [2.45, 2.75) is 38.9 Å². The molecule has 2 N–H and O–H groups in total. The van der Waals surface area contributed by atoms with E-state index in [2.05, 4.69) is 20.8 Å². The minimum Gasteiger partial charge on any atom is -0.342 e. The average molecular weight is 452 g/mol. The zero-order valence-corrected chi connectivity index (χ0v) is 19.9. The van der Waals surface area contributed by atoms with E-state index in [1.54, 1.807) is 0 Å². The normalized spacial score (nSPS) is 11.9. The van der Waals surface area contributed by atoms with E-state index in [1.807, 2.05) is 87.8 Å². The topological polar surface area (TPSA) is 88.9 Å². The summed E-state index contributed by atoms with van der Waals surface area (Å²) in [5, 5.41) is 15.1. The Balaban J connectivity index is 1.65. The summed E-state index contributed by atoms with van der Waals surface area (Å²) >= 11 is 1.31. The molecule has 0 fully saturated rings. The molecule has 1 heterocycles. The van der Waals surface area contributed by atoms with Crippen molar-refractivity contribution in [3.63, 3.8) is 0 Å². The molecule has 0 aliphatic carbocycles. The number of hydrogen-bond donors (Lipinski definition) is 2. The molecule has 32 heavy (non-hydrogen) atoms. The fourth-order valence-corrected chi connectivity index (χ4v) is 3.86. The molecule has 0 aliphatic heterocycles. The Kier molecular flexibility index (Phi) is 7.69. The summed E-state index contributed by atoms with van der Waals surface area (Å²) in [5.41, 5.74) is 3.60. The molecule has 0 saturated carbocycles. The Labute approximate surface area is 193 Å². The van der Waals surface area contributed by atoms with Gasteiger partial charge in [0.15, 0.2) is 11.0 Å². The van der Waals surface area contributed by atoms with Gasteiger partial charge in [-0.2, -0.15) is 0 Å². The molecule has 1 atom stereocenters. The van der Waals surface area contributed by atoms with Gasteiger partial charge in [0.25, 0.3) is 5.91 Å². The van der Waals surface area contributed by atoms with E-state index in [0.717, 1.165) is 16.8 Å². The molecule has 1 aromatic heterocycles. The van der Waals surface area contributed by atoms with E-state index < -0.39 is 0 Å². The van der Waals surface area contributed by atoms with Gasteiger partial charge < -0.3 is 15.2 Å². The van der Waals surface area contributed by atoms with Gasteiger partial charge in [-0.05, 0) is 44.0 Å². The minimum atomic E-state index is -0.308. The molecule has 0 unspecified atom stereocenters. The number of rotatable bonds is 8. The molecular formula is C24H29N5O2S. The van der Waals surface area contributed by atoms with Crippen molar-refractivity contribution in [2.24, 2.45) is 13.0 Å². The number of thioether (sulfide) groups is 1. The van der Waals surface area contributed by atoms with Gasteiger partial charge in [0.2, 0.25) is 5.91 Å². The lowest BCUT2D eigenvalue weighted by atomic mass is 10.0. The summed E-state index contributed by atoms with van der Waals surface area (Å²) in [6.45, 7) is 8.03. The summed E-state index contributed by atoms with van der Waals surface area (Å²) < 4.78 is 1.84. The molecule has 2 aromatic carbocycles. The summed E-state index contributed by atoms with van der Waals surface area (Å²) in [6.07, 6.45) is 0. The van der Waals surface area contributed by atoms with Crippen molar-refractivity contribution in [3.8, 4) is 0 Å². The zero-order chi connectivity index (χ0) is 23.3. The Hall–Kier alpha value is -3.13. The fraction of sp³-hybridized carbons (Fsp3) is 0.333. The van der Waals surface area contributed by atoms with Crippen LogP contribution in [0.5, 0.6) is 0 Å². The van der Waals surface area contributed by atoms with Crippen LogP contribution in [0, 0.1) is 19.8 Å². The van der Waals surface area contributed by atoms with Gasteiger partial charge in [0.1, 0.15) is 0 Å². The van der Waals surface area contributed by atoms with Crippen LogP contribution in [0.25, 0.3) is 0 Å². The van der Waals surface area contributed by atoms with Crippen LogP contribution >= 0.6 is 11.8 Å². The second-order valence-corrected chi connectivity index (χ2v) is 9.11. The third-order valence-electron chi connectivity index (χ3n) is 5.08. The minimum absolute atomic E-state index is 0.106. The maximum Gasteiger partial charge on any atom is 0.251 e. The third kappa shape index (κ3) is 5.97. The van der Waals surface area contributed by atoms with Gasteiger partial charge in [0.05, 0.1) is 11.8 Å². The summed E-state index contributed by atoms with van der Waals surface area (Å²) in [6, 6.07) is 14.8. The monoisotopic (exact) mass is 451 g/mol. The summed E-state index contributed by atoms with van der Waals surface area (Å²) in [5.74, 6) is 0.703. The van der Waals surface area contributed by atoms with Gasteiger partial charge in [0, 0.05) is 18.3 Å². The van der Waals surface area contributed by atoms with E-state index in [9.17, 15) is 9.59 Å². The Morgan fingerprint density at radius 3 is 2.16 bits per heavy atom. The van der Waals surface area contributed by atoms with Crippen LogP contribution in [0.2, 0.25) is 0 Å². The summed E-state index contributed by atoms with van der Waals surface area (Å²) in [4.78, 5) is 25.1. The molecule has 3 rings (SSSR count). The number of benzene rings is 2. The highest BCUT2D eigenvalue weighted by atomic mass is 32.2. The molecule has 7 nitrogen and oxygen atoms in total. The lowest BCUT2D eigenvalue weighted by Gasteiger charge is -2.21. The number of carbonyl (C=O) groups excluding carboxylic acids is 2. The maximum absolute atomic E-state index is 12.7. The number of carbonyl (C=O) groups is 2. The number of anilines is 1. The maximum atomic E-state index is 12.7. The van der Waals surface area contributed by atoms with Gasteiger partial charge in [-0.15, -0.1) is 10.2 Å². The predicted octanol–water partition coefficient (Wildman–Crippen LogP) is 4.29. The van der Waals surface area contributed by atoms with Crippen molar-refractivity contribution in [2.75, 3.05) is 11.1 Å². The van der Waals surface area contributed by atoms with Crippen LogP contribution in [0.15, 0.2) is 53.7 Å². The molecule has 168 valence electrons. The van der Waals surface area contributed by atoms with Crippen LogP contribution < -0.4 is 10.6 Å². The van der Waals surface area contributed by atoms with E-state index >= 15 is 0 Å². The van der Waals surface area contributed by atoms with Crippen LogP contribution in [-0.4, -0.2) is 32.3 Å². The first kappa shape index (κ1) is 23.5. The number of nitrogens with zero attached hydrogens (tertiary/aromatic N) is 3. The van der Waals surface area contributed by atoms with Crippen molar-refractivity contribution < 1.29 is 9.59 Å². The Bertz CT molecular complexity index is 1070.